The number of nitrogens with zero attached hydrogens (tertiary/aromatic N) is 2. The third-order valence-corrected chi connectivity index (χ3v) is 2.89. The van der Waals surface area contributed by atoms with Gasteiger partial charge in [-0.3, -0.25) is 0 Å². The molecule has 0 amide bonds. The van der Waals surface area contributed by atoms with Crippen LogP contribution in [0, 0.1) is 5.82 Å². The molecule has 0 fully saturated rings. The maximum atomic E-state index is 12.9. The van der Waals surface area contributed by atoms with Gasteiger partial charge in [-0.2, -0.15) is 0 Å². The van der Waals surface area contributed by atoms with Crippen LogP contribution in [0.4, 0.5) is 4.39 Å². The molecule has 0 N–H and O–H groups in total. The van der Waals surface area contributed by atoms with E-state index in [-0.39, 0.29) is 5.82 Å². The molecule has 0 bridgehead atoms. The van der Waals surface area contributed by atoms with Crippen molar-refractivity contribution in [1.82, 2.24) is 9.55 Å². The minimum atomic E-state index is -0.229. The summed E-state index contributed by atoms with van der Waals surface area (Å²) in [6.07, 6.45) is 0. The van der Waals surface area contributed by atoms with Gasteiger partial charge >= 0.3 is 0 Å². The van der Waals surface area contributed by atoms with E-state index in [0.29, 0.717) is 0 Å². The largest absolute Gasteiger partial charge is 0.327 e. The van der Waals surface area contributed by atoms with Crippen molar-refractivity contribution >= 4 is 11.0 Å². The van der Waals surface area contributed by atoms with Crippen molar-refractivity contribution in [3.63, 3.8) is 0 Å². The Morgan fingerprint density at radius 3 is 2.41 bits per heavy atom. The zero-order valence-electron chi connectivity index (χ0n) is 9.39. The zero-order valence-corrected chi connectivity index (χ0v) is 9.39. The highest BCUT2D eigenvalue weighted by Gasteiger charge is 2.08. The summed E-state index contributed by atoms with van der Waals surface area (Å²) < 4.78 is 14.9. The average molecular weight is 226 g/mol. The molecular weight excluding hydrogens is 215 g/mol. The molecule has 3 heteroatoms. The molecule has 0 spiro atoms. The highest BCUT2D eigenvalue weighted by molar-refractivity contribution is 5.80. The number of benzene rings is 2. The number of para-hydroxylation sites is 2. The lowest BCUT2D eigenvalue weighted by Crippen LogP contribution is -1.92. The standard InChI is InChI=1S/C14H11FN2/c1-17-13-5-3-2-4-12(13)16-14(17)10-6-8-11(15)9-7-10/h2-9H,1H3. The van der Waals surface area contributed by atoms with Gasteiger partial charge in [0.1, 0.15) is 11.6 Å². The van der Waals surface area contributed by atoms with E-state index in [9.17, 15) is 4.39 Å². The lowest BCUT2D eigenvalue weighted by atomic mass is 10.2. The van der Waals surface area contributed by atoms with Crippen molar-refractivity contribution in [3.8, 4) is 11.4 Å². The first-order valence-corrected chi connectivity index (χ1v) is 5.43. The van der Waals surface area contributed by atoms with Crippen LogP contribution in [0.5, 0.6) is 0 Å². The van der Waals surface area contributed by atoms with Crippen LogP contribution in [0.15, 0.2) is 48.5 Å². The molecule has 0 aliphatic carbocycles. The summed E-state index contributed by atoms with van der Waals surface area (Å²) in [4.78, 5) is 4.55. The summed E-state index contributed by atoms with van der Waals surface area (Å²) in [5.74, 6) is 0.624. The number of imidazole rings is 1. The van der Waals surface area contributed by atoms with Gasteiger partial charge in [-0.25, -0.2) is 9.37 Å². The Hall–Kier alpha value is -2.16. The molecule has 2 nitrogen and oxygen atoms in total. The number of aryl methyl sites for hydroxylation is 1. The van der Waals surface area contributed by atoms with Crippen molar-refractivity contribution in [2.24, 2.45) is 7.05 Å². The topological polar surface area (TPSA) is 17.8 Å². The van der Waals surface area contributed by atoms with Gasteiger partial charge in [-0.05, 0) is 36.4 Å². The molecule has 84 valence electrons. The van der Waals surface area contributed by atoms with E-state index in [1.54, 1.807) is 12.1 Å². The summed E-state index contributed by atoms with van der Waals surface area (Å²) in [6.45, 7) is 0. The Morgan fingerprint density at radius 2 is 1.71 bits per heavy atom. The van der Waals surface area contributed by atoms with Crippen molar-refractivity contribution in [2.75, 3.05) is 0 Å². The molecule has 0 saturated heterocycles. The van der Waals surface area contributed by atoms with Crippen LogP contribution in [0.3, 0.4) is 0 Å². The number of aromatic nitrogens is 2. The first-order valence-electron chi connectivity index (χ1n) is 5.43. The molecule has 1 aromatic heterocycles. The third kappa shape index (κ3) is 1.60. The molecule has 0 aliphatic rings. The molecule has 0 atom stereocenters. The summed E-state index contributed by atoms with van der Waals surface area (Å²) in [7, 11) is 1.97. The van der Waals surface area contributed by atoms with E-state index in [1.165, 1.54) is 12.1 Å². The van der Waals surface area contributed by atoms with E-state index in [0.717, 1.165) is 22.4 Å². The van der Waals surface area contributed by atoms with Gasteiger partial charge in [-0.1, -0.05) is 12.1 Å². The van der Waals surface area contributed by atoms with Gasteiger partial charge in [0, 0.05) is 12.6 Å². The predicted octanol–water partition coefficient (Wildman–Crippen LogP) is 3.38. The molecule has 3 rings (SSSR count). The summed E-state index contributed by atoms with van der Waals surface area (Å²) >= 11 is 0. The monoisotopic (exact) mass is 226 g/mol. The lowest BCUT2D eigenvalue weighted by molar-refractivity contribution is 0.628. The fourth-order valence-corrected chi connectivity index (χ4v) is 2.00. The Kier molecular flexibility index (Phi) is 2.18. The van der Waals surface area contributed by atoms with Crippen LogP contribution in [0.25, 0.3) is 22.4 Å². The third-order valence-electron chi connectivity index (χ3n) is 2.89. The predicted molar refractivity (Wildman–Crippen MR) is 66.1 cm³/mol. The zero-order chi connectivity index (χ0) is 11.8. The van der Waals surface area contributed by atoms with Crippen LogP contribution in [0.1, 0.15) is 0 Å². The Balaban J connectivity index is 2.24. The van der Waals surface area contributed by atoms with Gasteiger partial charge in [0.15, 0.2) is 0 Å². The fourth-order valence-electron chi connectivity index (χ4n) is 2.00. The normalized spacial score (nSPS) is 10.9. The van der Waals surface area contributed by atoms with Crippen molar-refractivity contribution in [2.45, 2.75) is 0 Å². The molecule has 0 saturated carbocycles. The Morgan fingerprint density at radius 1 is 1.00 bits per heavy atom. The van der Waals surface area contributed by atoms with E-state index in [4.69, 9.17) is 0 Å². The second kappa shape index (κ2) is 3.70. The van der Waals surface area contributed by atoms with Crippen LogP contribution < -0.4 is 0 Å². The van der Waals surface area contributed by atoms with Crippen molar-refractivity contribution in [3.05, 3.63) is 54.3 Å². The number of halogens is 1. The molecule has 0 unspecified atom stereocenters. The molecule has 0 radical (unpaired) electrons. The molecule has 17 heavy (non-hydrogen) atoms. The first kappa shape index (κ1) is 10.0. The first-order chi connectivity index (χ1) is 8.25. The second-order valence-electron chi connectivity index (χ2n) is 3.99. The Bertz CT molecular complexity index is 668. The summed E-state index contributed by atoms with van der Waals surface area (Å²) in [5, 5.41) is 0. The van der Waals surface area contributed by atoms with Crippen LogP contribution in [-0.2, 0) is 7.05 Å². The molecule has 1 heterocycles. The summed E-state index contributed by atoms with van der Waals surface area (Å²) in [5.41, 5.74) is 2.95. The minimum Gasteiger partial charge on any atom is -0.327 e. The molecular formula is C14H11FN2. The minimum absolute atomic E-state index is 0.229. The number of rotatable bonds is 1. The van der Waals surface area contributed by atoms with Gasteiger partial charge in [0.2, 0.25) is 0 Å². The highest BCUT2D eigenvalue weighted by Crippen LogP contribution is 2.23. The van der Waals surface area contributed by atoms with E-state index in [1.807, 2.05) is 35.9 Å². The van der Waals surface area contributed by atoms with Crippen molar-refractivity contribution < 1.29 is 4.39 Å². The Labute approximate surface area is 98.3 Å². The molecule has 3 aromatic rings. The van der Waals surface area contributed by atoms with E-state index < -0.39 is 0 Å². The maximum Gasteiger partial charge on any atom is 0.140 e. The SMILES string of the molecule is Cn1c(-c2ccc(F)cc2)nc2ccccc21. The van der Waals surface area contributed by atoms with Gasteiger partial charge < -0.3 is 4.57 Å². The van der Waals surface area contributed by atoms with Crippen LogP contribution in [-0.4, -0.2) is 9.55 Å². The lowest BCUT2D eigenvalue weighted by Gasteiger charge is -2.01. The van der Waals surface area contributed by atoms with E-state index >= 15 is 0 Å². The highest BCUT2D eigenvalue weighted by atomic mass is 19.1. The fraction of sp³-hybridized carbons (Fsp3) is 0.0714. The van der Waals surface area contributed by atoms with Gasteiger partial charge in [0.05, 0.1) is 11.0 Å². The smallest absolute Gasteiger partial charge is 0.140 e. The molecule has 2 aromatic carbocycles. The van der Waals surface area contributed by atoms with E-state index in [2.05, 4.69) is 4.98 Å². The number of fused-ring (bicyclic) bond motifs is 1. The van der Waals surface area contributed by atoms with Gasteiger partial charge in [0.25, 0.3) is 0 Å². The summed E-state index contributed by atoms with van der Waals surface area (Å²) in [6, 6.07) is 14.3. The maximum absolute atomic E-state index is 12.9. The van der Waals surface area contributed by atoms with Crippen LogP contribution >= 0.6 is 0 Å². The number of hydrogen-bond acceptors (Lipinski definition) is 1. The quantitative estimate of drug-likeness (QED) is 0.622. The van der Waals surface area contributed by atoms with Gasteiger partial charge in [-0.15, -0.1) is 0 Å². The second-order valence-corrected chi connectivity index (χ2v) is 3.99. The molecule has 0 aliphatic heterocycles. The number of hydrogen-bond donors (Lipinski definition) is 0. The van der Waals surface area contributed by atoms with Crippen molar-refractivity contribution in [1.29, 1.82) is 0 Å². The average Bonchev–Trinajstić information content (AvgIpc) is 2.69. The van der Waals surface area contributed by atoms with Crippen LogP contribution in [0.2, 0.25) is 0 Å².